The van der Waals surface area contributed by atoms with Gasteiger partial charge in [0.15, 0.2) is 0 Å². The normalized spacial score (nSPS) is 15.5. The van der Waals surface area contributed by atoms with Crippen molar-refractivity contribution in [1.29, 1.82) is 5.26 Å². The predicted octanol–water partition coefficient (Wildman–Crippen LogP) is 3.73. The van der Waals surface area contributed by atoms with Gasteiger partial charge >= 0.3 is 0 Å². The Bertz CT molecular complexity index is 1100. The molecule has 1 amide bonds. The van der Waals surface area contributed by atoms with Gasteiger partial charge in [-0.05, 0) is 54.7 Å². The minimum absolute atomic E-state index is 0.161. The highest BCUT2D eigenvalue weighted by molar-refractivity contribution is 7.89. The van der Waals surface area contributed by atoms with Gasteiger partial charge in [-0.3, -0.25) is 4.79 Å². The third-order valence-corrected chi connectivity index (χ3v) is 7.48. The zero-order valence-corrected chi connectivity index (χ0v) is 18.8. The maximum atomic E-state index is 13.3. The van der Waals surface area contributed by atoms with Crippen molar-refractivity contribution in [2.45, 2.75) is 37.5 Å². The van der Waals surface area contributed by atoms with Gasteiger partial charge in [-0.1, -0.05) is 26.0 Å². The Balaban J connectivity index is 1.70. The summed E-state index contributed by atoms with van der Waals surface area (Å²) in [6.45, 7) is 4.53. The van der Waals surface area contributed by atoms with Crippen molar-refractivity contribution in [2.24, 2.45) is 5.92 Å². The third-order valence-electron chi connectivity index (χ3n) is 5.56. The van der Waals surface area contributed by atoms with E-state index in [2.05, 4.69) is 5.32 Å². The van der Waals surface area contributed by atoms with Crippen molar-refractivity contribution in [1.82, 2.24) is 4.31 Å². The third kappa shape index (κ3) is 5.06. The number of nitrogens with one attached hydrogen (secondary N) is 1. The van der Waals surface area contributed by atoms with Gasteiger partial charge in [-0.2, -0.15) is 9.57 Å². The Morgan fingerprint density at radius 3 is 2.52 bits per heavy atom. The lowest BCUT2D eigenvalue weighted by Crippen LogP contribution is -2.41. The summed E-state index contributed by atoms with van der Waals surface area (Å²) < 4.78 is 33.3. The summed E-state index contributed by atoms with van der Waals surface area (Å²) in [6.07, 6.45) is 0.852. The number of hydrogen-bond donors (Lipinski definition) is 1. The first-order chi connectivity index (χ1) is 14.8. The molecular formula is C23H27N3O4S. The molecule has 8 heteroatoms. The van der Waals surface area contributed by atoms with Gasteiger partial charge in [-0.15, -0.1) is 0 Å². The molecule has 1 heterocycles. The Morgan fingerprint density at radius 2 is 1.90 bits per heavy atom. The van der Waals surface area contributed by atoms with E-state index in [4.69, 9.17) is 10.00 Å². The number of methoxy groups -OCH3 is 1. The fourth-order valence-electron chi connectivity index (χ4n) is 3.66. The number of nitrogens with zero attached hydrogens (tertiary/aromatic N) is 2. The van der Waals surface area contributed by atoms with Crippen LogP contribution >= 0.6 is 0 Å². The van der Waals surface area contributed by atoms with Crippen molar-refractivity contribution in [2.75, 3.05) is 25.5 Å². The van der Waals surface area contributed by atoms with Gasteiger partial charge in [0.2, 0.25) is 15.9 Å². The molecule has 0 unspecified atom stereocenters. The number of hydrogen-bond acceptors (Lipinski definition) is 5. The standard InChI is InChI=1S/C23H27N3O4S/c1-16(2)19-7-8-21(30-3)22(14-19)31(28,29)26-11-9-18(10-12-26)23(27)25-20-6-4-5-17(13-20)15-24/h4-8,13-14,16,18H,9-12H2,1-3H3,(H,25,27). The molecule has 2 aromatic rings. The quantitative estimate of drug-likeness (QED) is 0.736. The summed E-state index contributed by atoms with van der Waals surface area (Å²) in [6, 6.07) is 14.0. The smallest absolute Gasteiger partial charge is 0.246 e. The van der Waals surface area contributed by atoms with E-state index in [1.807, 2.05) is 26.0 Å². The molecule has 0 aliphatic carbocycles. The lowest BCUT2D eigenvalue weighted by Gasteiger charge is -2.31. The number of rotatable bonds is 6. The Kier molecular flexibility index (Phi) is 6.98. The molecule has 1 aliphatic heterocycles. The Labute approximate surface area is 183 Å². The van der Waals surface area contributed by atoms with E-state index in [0.29, 0.717) is 29.8 Å². The minimum Gasteiger partial charge on any atom is -0.495 e. The monoisotopic (exact) mass is 441 g/mol. The maximum absolute atomic E-state index is 13.3. The number of benzene rings is 2. The average Bonchev–Trinajstić information content (AvgIpc) is 2.78. The molecule has 0 bridgehead atoms. The van der Waals surface area contributed by atoms with Crippen LogP contribution in [0.25, 0.3) is 0 Å². The van der Waals surface area contributed by atoms with Gasteiger partial charge in [0.1, 0.15) is 10.6 Å². The highest BCUT2D eigenvalue weighted by Crippen LogP contribution is 2.32. The second kappa shape index (κ2) is 9.50. The summed E-state index contributed by atoms with van der Waals surface area (Å²) in [5.74, 6) is 0.0584. The van der Waals surface area contributed by atoms with Gasteiger partial charge < -0.3 is 10.1 Å². The summed E-state index contributed by atoms with van der Waals surface area (Å²) in [7, 11) is -2.28. The zero-order chi connectivity index (χ0) is 22.6. The lowest BCUT2D eigenvalue weighted by molar-refractivity contribution is -0.120. The van der Waals surface area contributed by atoms with Crippen molar-refractivity contribution >= 4 is 21.6 Å². The molecule has 0 aromatic heterocycles. The first-order valence-electron chi connectivity index (χ1n) is 10.3. The number of carbonyl (C=O) groups is 1. The zero-order valence-electron chi connectivity index (χ0n) is 18.0. The summed E-state index contributed by atoms with van der Waals surface area (Å²) in [4.78, 5) is 12.8. The van der Waals surface area contributed by atoms with Crippen LogP contribution in [0.5, 0.6) is 5.75 Å². The van der Waals surface area contributed by atoms with Gasteiger partial charge in [0.05, 0.1) is 18.7 Å². The van der Waals surface area contributed by atoms with Gasteiger partial charge in [-0.25, -0.2) is 8.42 Å². The molecule has 0 atom stereocenters. The van der Waals surface area contributed by atoms with Crippen LogP contribution < -0.4 is 10.1 Å². The van der Waals surface area contributed by atoms with Crippen LogP contribution in [-0.4, -0.2) is 38.8 Å². The highest BCUT2D eigenvalue weighted by Gasteiger charge is 2.34. The van der Waals surface area contributed by atoms with Crippen LogP contribution in [0.2, 0.25) is 0 Å². The molecule has 1 fully saturated rings. The molecule has 1 aliphatic rings. The van der Waals surface area contributed by atoms with Gasteiger partial charge in [0, 0.05) is 24.7 Å². The topological polar surface area (TPSA) is 99.5 Å². The van der Waals surface area contributed by atoms with Crippen LogP contribution in [-0.2, 0) is 14.8 Å². The molecular weight excluding hydrogens is 414 g/mol. The van der Waals surface area contributed by atoms with Crippen LogP contribution in [0.4, 0.5) is 5.69 Å². The molecule has 0 spiro atoms. The number of carbonyl (C=O) groups excluding carboxylic acids is 1. The Morgan fingerprint density at radius 1 is 1.19 bits per heavy atom. The molecule has 2 aromatic carbocycles. The van der Waals surface area contributed by atoms with E-state index >= 15 is 0 Å². The van der Waals surface area contributed by atoms with E-state index in [1.165, 1.54) is 11.4 Å². The number of anilines is 1. The molecule has 1 saturated heterocycles. The highest BCUT2D eigenvalue weighted by atomic mass is 32.2. The summed E-state index contributed by atoms with van der Waals surface area (Å²) >= 11 is 0. The molecule has 7 nitrogen and oxygen atoms in total. The summed E-state index contributed by atoms with van der Waals surface area (Å²) in [5, 5.41) is 11.8. The second-order valence-corrected chi connectivity index (χ2v) is 9.83. The predicted molar refractivity (Wildman–Crippen MR) is 118 cm³/mol. The fourth-order valence-corrected chi connectivity index (χ4v) is 5.32. The first kappa shape index (κ1) is 22.8. The van der Waals surface area contributed by atoms with Crippen molar-refractivity contribution in [3.05, 3.63) is 53.6 Å². The second-order valence-electron chi connectivity index (χ2n) is 7.93. The van der Waals surface area contributed by atoms with E-state index in [9.17, 15) is 13.2 Å². The number of ether oxygens (including phenoxy) is 1. The van der Waals surface area contributed by atoms with Gasteiger partial charge in [0.25, 0.3) is 0 Å². The summed E-state index contributed by atoms with van der Waals surface area (Å²) in [5.41, 5.74) is 1.96. The number of piperidine rings is 1. The Hall–Kier alpha value is -2.89. The maximum Gasteiger partial charge on any atom is 0.246 e. The molecule has 3 rings (SSSR count). The largest absolute Gasteiger partial charge is 0.495 e. The fraction of sp³-hybridized carbons (Fsp3) is 0.391. The van der Waals surface area contributed by atoms with Crippen LogP contribution in [0, 0.1) is 17.2 Å². The van der Waals surface area contributed by atoms with Crippen LogP contribution in [0.3, 0.4) is 0 Å². The van der Waals surface area contributed by atoms with E-state index in [-0.39, 0.29) is 35.7 Å². The van der Waals surface area contributed by atoms with Crippen molar-refractivity contribution < 1.29 is 17.9 Å². The van der Waals surface area contributed by atoms with Crippen LogP contribution in [0.15, 0.2) is 47.4 Å². The molecule has 0 radical (unpaired) electrons. The van der Waals surface area contributed by atoms with E-state index in [1.54, 1.807) is 36.4 Å². The van der Waals surface area contributed by atoms with Crippen LogP contribution in [0.1, 0.15) is 43.7 Å². The SMILES string of the molecule is COc1ccc(C(C)C)cc1S(=O)(=O)N1CCC(C(=O)Nc2cccc(C#N)c2)CC1. The number of sulfonamides is 1. The average molecular weight is 442 g/mol. The lowest BCUT2D eigenvalue weighted by atomic mass is 9.97. The van der Waals surface area contributed by atoms with Crippen molar-refractivity contribution in [3.8, 4) is 11.8 Å². The molecule has 0 saturated carbocycles. The van der Waals surface area contributed by atoms with Crippen molar-refractivity contribution in [3.63, 3.8) is 0 Å². The first-order valence-corrected chi connectivity index (χ1v) is 11.7. The van der Waals surface area contributed by atoms with E-state index in [0.717, 1.165) is 5.56 Å². The van der Waals surface area contributed by atoms with E-state index < -0.39 is 10.0 Å². The molecule has 1 N–H and O–H groups in total. The molecule has 31 heavy (non-hydrogen) atoms. The number of amides is 1. The number of nitriles is 1. The minimum atomic E-state index is -3.74. The molecule has 164 valence electrons.